The van der Waals surface area contributed by atoms with Gasteiger partial charge in [0.15, 0.2) is 0 Å². The topological polar surface area (TPSA) is 39.3 Å². The summed E-state index contributed by atoms with van der Waals surface area (Å²) in [5.74, 6) is -0.232. The minimum atomic E-state index is -0.245. The first-order valence-electron chi connectivity index (χ1n) is 8.95. The number of benzene rings is 1. The highest BCUT2D eigenvalue weighted by molar-refractivity contribution is 5.68. The number of halogens is 1. The molecule has 0 spiro atoms. The molecule has 2 aliphatic heterocycles. The highest BCUT2D eigenvalue weighted by Gasteiger charge is 2.36. The van der Waals surface area contributed by atoms with Crippen LogP contribution in [0.2, 0.25) is 0 Å². The minimum Gasteiger partial charge on any atom is -0.450 e. The lowest BCUT2D eigenvalue weighted by molar-refractivity contribution is 0.00310. The zero-order chi connectivity index (χ0) is 17.8. The summed E-state index contributed by atoms with van der Waals surface area (Å²) in [4.78, 5) is 21.1. The average Bonchev–Trinajstić information content (AvgIpc) is 2.63. The van der Waals surface area contributed by atoms with E-state index in [2.05, 4.69) is 21.7 Å². The monoisotopic (exact) mass is 350 g/mol. The fourth-order valence-electron chi connectivity index (χ4n) is 3.50. The summed E-state index contributed by atoms with van der Waals surface area (Å²) in [6.45, 7) is 8.07. The second-order valence-electron chi connectivity index (χ2n) is 6.63. The minimum absolute atomic E-state index is 0.0217. The van der Waals surface area contributed by atoms with Crippen LogP contribution in [0.3, 0.4) is 0 Å². The molecule has 1 aromatic carbocycles. The Morgan fingerprint density at radius 3 is 2.44 bits per heavy atom. The van der Waals surface area contributed by atoms with E-state index in [0.29, 0.717) is 26.2 Å². The Bertz CT molecular complexity index is 575. The van der Waals surface area contributed by atoms with Gasteiger partial charge in [-0.2, -0.15) is 0 Å². The summed E-state index contributed by atoms with van der Waals surface area (Å²) in [7, 11) is 2.12. The van der Waals surface area contributed by atoms with E-state index in [1.165, 1.54) is 12.1 Å². The van der Waals surface area contributed by atoms with E-state index in [-0.39, 0.29) is 18.1 Å². The molecule has 1 amide bonds. The molecule has 0 bridgehead atoms. The van der Waals surface area contributed by atoms with Crippen LogP contribution in [0.1, 0.15) is 6.92 Å². The van der Waals surface area contributed by atoms with Gasteiger partial charge < -0.3 is 14.5 Å². The number of carbonyl (C=O) groups is 1. The van der Waals surface area contributed by atoms with Crippen LogP contribution >= 0.6 is 0 Å². The number of amides is 1. The van der Waals surface area contributed by atoms with Gasteiger partial charge >= 0.3 is 6.09 Å². The van der Waals surface area contributed by atoms with Crippen molar-refractivity contribution in [2.24, 2.45) is 0 Å². The SMILES string of the molecule is CCOC(=O)N1CCN(c2ccc(F)cc2)CC1N1CCN(C)CC1. The molecule has 1 unspecified atom stereocenters. The Kier molecular flexibility index (Phi) is 5.75. The molecule has 3 rings (SSSR count). The van der Waals surface area contributed by atoms with E-state index in [9.17, 15) is 9.18 Å². The van der Waals surface area contributed by atoms with Crippen molar-refractivity contribution in [3.8, 4) is 0 Å². The molecule has 0 saturated carbocycles. The number of hydrogen-bond acceptors (Lipinski definition) is 5. The van der Waals surface area contributed by atoms with Crippen molar-refractivity contribution in [3.63, 3.8) is 0 Å². The Morgan fingerprint density at radius 2 is 1.80 bits per heavy atom. The number of piperazine rings is 2. The molecule has 0 aromatic heterocycles. The van der Waals surface area contributed by atoms with E-state index >= 15 is 0 Å². The molecule has 0 radical (unpaired) electrons. The second-order valence-corrected chi connectivity index (χ2v) is 6.63. The van der Waals surface area contributed by atoms with Gasteiger partial charge in [0.25, 0.3) is 0 Å². The Hall–Kier alpha value is -1.86. The molecular weight excluding hydrogens is 323 g/mol. The highest BCUT2D eigenvalue weighted by Crippen LogP contribution is 2.22. The summed E-state index contributed by atoms with van der Waals surface area (Å²) in [5.41, 5.74) is 0.990. The van der Waals surface area contributed by atoms with Gasteiger partial charge in [0.2, 0.25) is 0 Å². The third-order valence-electron chi connectivity index (χ3n) is 5.01. The third-order valence-corrected chi connectivity index (χ3v) is 5.01. The van der Waals surface area contributed by atoms with Crippen molar-refractivity contribution in [2.75, 3.05) is 64.4 Å². The first-order chi connectivity index (χ1) is 12.1. The Labute approximate surface area is 148 Å². The number of ether oxygens (including phenoxy) is 1. The van der Waals surface area contributed by atoms with Gasteiger partial charge in [0.1, 0.15) is 12.0 Å². The summed E-state index contributed by atoms with van der Waals surface area (Å²) in [6, 6.07) is 6.57. The molecule has 2 saturated heterocycles. The van der Waals surface area contributed by atoms with Gasteiger partial charge in [-0.1, -0.05) is 0 Å². The number of anilines is 1. The number of nitrogens with zero attached hydrogens (tertiary/aromatic N) is 4. The molecule has 0 aliphatic carbocycles. The first kappa shape index (κ1) is 17.9. The fraction of sp³-hybridized carbons (Fsp3) is 0.611. The zero-order valence-electron chi connectivity index (χ0n) is 15.0. The van der Waals surface area contributed by atoms with Crippen LogP contribution in [0.4, 0.5) is 14.9 Å². The smallest absolute Gasteiger partial charge is 0.411 e. The summed E-state index contributed by atoms with van der Waals surface area (Å²) in [5, 5.41) is 0. The quantitative estimate of drug-likeness (QED) is 0.829. The molecule has 6 nitrogen and oxygen atoms in total. The van der Waals surface area contributed by atoms with E-state index in [4.69, 9.17) is 4.74 Å². The summed E-state index contributed by atoms with van der Waals surface area (Å²) >= 11 is 0. The van der Waals surface area contributed by atoms with E-state index in [1.54, 1.807) is 12.1 Å². The number of hydrogen-bond donors (Lipinski definition) is 0. The molecule has 0 N–H and O–H groups in total. The molecule has 1 atom stereocenters. The predicted molar refractivity (Wildman–Crippen MR) is 95.2 cm³/mol. The van der Waals surface area contributed by atoms with Gasteiger partial charge in [-0.25, -0.2) is 9.18 Å². The predicted octanol–water partition coefficient (Wildman–Crippen LogP) is 1.68. The van der Waals surface area contributed by atoms with Crippen molar-refractivity contribution in [1.29, 1.82) is 0 Å². The summed E-state index contributed by atoms with van der Waals surface area (Å²) in [6.07, 6.45) is -0.267. The lowest BCUT2D eigenvalue weighted by Crippen LogP contribution is -2.64. The van der Waals surface area contributed by atoms with Crippen LogP contribution in [-0.2, 0) is 4.74 Å². The maximum absolute atomic E-state index is 13.2. The molecule has 2 heterocycles. The van der Waals surface area contributed by atoms with Gasteiger partial charge in [0.05, 0.1) is 13.2 Å². The van der Waals surface area contributed by atoms with Crippen LogP contribution in [0, 0.1) is 5.82 Å². The molecule has 2 fully saturated rings. The van der Waals surface area contributed by atoms with Gasteiger partial charge in [-0.3, -0.25) is 9.80 Å². The number of likely N-dealkylation sites (N-methyl/N-ethyl adjacent to an activating group) is 1. The maximum Gasteiger partial charge on any atom is 0.411 e. The Balaban J connectivity index is 1.75. The average molecular weight is 350 g/mol. The van der Waals surface area contributed by atoms with Crippen LogP contribution < -0.4 is 4.90 Å². The van der Waals surface area contributed by atoms with Crippen LogP contribution in [-0.4, -0.2) is 86.4 Å². The molecule has 1 aromatic rings. The van der Waals surface area contributed by atoms with Crippen molar-refractivity contribution in [3.05, 3.63) is 30.1 Å². The van der Waals surface area contributed by atoms with E-state index < -0.39 is 0 Å². The van der Waals surface area contributed by atoms with Gasteiger partial charge in [-0.15, -0.1) is 0 Å². The van der Waals surface area contributed by atoms with Crippen LogP contribution in [0.5, 0.6) is 0 Å². The first-order valence-corrected chi connectivity index (χ1v) is 8.95. The van der Waals surface area contributed by atoms with Crippen molar-refractivity contribution >= 4 is 11.8 Å². The number of rotatable bonds is 3. The molecule has 25 heavy (non-hydrogen) atoms. The fourth-order valence-corrected chi connectivity index (χ4v) is 3.50. The summed E-state index contributed by atoms with van der Waals surface area (Å²) < 4.78 is 18.5. The van der Waals surface area contributed by atoms with E-state index in [1.807, 2.05) is 11.8 Å². The molecular formula is C18H27FN4O2. The molecule has 138 valence electrons. The van der Waals surface area contributed by atoms with Crippen molar-refractivity contribution in [1.82, 2.24) is 14.7 Å². The highest BCUT2D eigenvalue weighted by atomic mass is 19.1. The van der Waals surface area contributed by atoms with Crippen LogP contribution in [0.15, 0.2) is 24.3 Å². The van der Waals surface area contributed by atoms with Gasteiger partial charge in [0, 0.05) is 45.0 Å². The van der Waals surface area contributed by atoms with Crippen molar-refractivity contribution < 1.29 is 13.9 Å². The van der Waals surface area contributed by atoms with E-state index in [0.717, 1.165) is 31.9 Å². The van der Waals surface area contributed by atoms with Crippen LogP contribution in [0.25, 0.3) is 0 Å². The zero-order valence-corrected chi connectivity index (χ0v) is 15.0. The molecule has 7 heteroatoms. The van der Waals surface area contributed by atoms with Crippen molar-refractivity contribution in [2.45, 2.75) is 13.1 Å². The second kappa shape index (κ2) is 8.01. The Morgan fingerprint density at radius 1 is 1.12 bits per heavy atom. The normalized spacial score (nSPS) is 22.9. The third kappa shape index (κ3) is 4.22. The lowest BCUT2D eigenvalue weighted by Gasteiger charge is -2.48. The van der Waals surface area contributed by atoms with Gasteiger partial charge in [-0.05, 0) is 38.2 Å². The largest absolute Gasteiger partial charge is 0.450 e. The molecule has 2 aliphatic rings. The standard InChI is InChI=1S/C18H27FN4O2/c1-3-25-18(24)23-13-12-22(16-6-4-15(19)5-7-16)14-17(23)21-10-8-20(2)9-11-21/h4-7,17H,3,8-14H2,1-2H3. The maximum atomic E-state index is 13.2. The lowest BCUT2D eigenvalue weighted by atomic mass is 10.2. The number of carbonyl (C=O) groups excluding carboxylic acids is 1.